The summed E-state index contributed by atoms with van der Waals surface area (Å²) < 4.78 is 49.7. The standard InChI is InChI=1S/C33H45N5O10S/c1-9-18-16-33(18,29(41)37-49(43,44)21-11-12-21)35-26(39)23-14-20(46-27-22-13-10-19(45-8)15-24(22)48-36-27)17-38(23)28(40)25(31(2,3)4)34-30(42)47-32(5,6)7/h9-10,13,15,18,20-21,23,25H,1,11-12,14,16-17H2,2-8H3,(H,34,42)(H,35,39)(H,37,41)/t18?,20-,23?,25-,33-/m1/s1. The second-order valence-electron chi connectivity index (χ2n) is 15.0. The Bertz CT molecular complexity index is 1760. The number of aromatic nitrogens is 1. The fourth-order valence-corrected chi connectivity index (χ4v) is 7.26. The second kappa shape index (κ2) is 12.8. The predicted octanol–water partition coefficient (Wildman–Crippen LogP) is 2.79. The molecule has 3 aliphatic rings. The number of carbonyl (C=O) groups is 4. The number of amides is 4. The molecule has 5 rings (SSSR count). The van der Waals surface area contributed by atoms with Crippen molar-refractivity contribution < 1.29 is 46.3 Å². The molecule has 0 spiro atoms. The molecule has 2 unspecified atom stereocenters. The van der Waals surface area contributed by atoms with Gasteiger partial charge in [-0.1, -0.05) is 26.8 Å². The number of rotatable bonds is 11. The summed E-state index contributed by atoms with van der Waals surface area (Å²) in [6, 6.07) is 2.77. The zero-order valence-electron chi connectivity index (χ0n) is 28.8. The minimum Gasteiger partial charge on any atom is -0.497 e. The van der Waals surface area contributed by atoms with Crippen molar-refractivity contribution in [1.29, 1.82) is 0 Å². The topological polar surface area (TPSA) is 195 Å². The van der Waals surface area contributed by atoms with Crippen LogP contribution in [0.5, 0.6) is 11.6 Å². The van der Waals surface area contributed by atoms with Crippen molar-refractivity contribution in [2.45, 2.75) is 102 Å². The minimum absolute atomic E-state index is 0.0117. The third kappa shape index (κ3) is 7.78. The molecule has 2 aliphatic carbocycles. The molecule has 1 aromatic carbocycles. The van der Waals surface area contributed by atoms with Crippen molar-refractivity contribution >= 4 is 44.8 Å². The Labute approximate surface area is 285 Å². The van der Waals surface area contributed by atoms with Gasteiger partial charge in [0.05, 0.1) is 24.3 Å². The molecular weight excluding hydrogens is 658 g/mol. The molecule has 0 bridgehead atoms. The first-order chi connectivity index (χ1) is 22.8. The van der Waals surface area contributed by atoms with Gasteiger partial charge < -0.3 is 34.3 Å². The smallest absolute Gasteiger partial charge is 0.408 e. The fraction of sp³-hybridized carbons (Fsp3) is 0.606. The van der Waals surface area contributed by atoms with Gasteiger partial charge in [0.15, 0.2) is 5.58 Å². The maximum Gasteiger partial charge on any atom is 0.408 e. The molecule has 1 saturated heterocycles. The van der Waals surface area contributed by atoms with Crippen LogP contribution in [0.2, 0.25) is 0 Å². The molecule has 16 heteroatoms. The Hall–Kier alpha value is -4.34. The van der Waals surface area contributed by atoms with Gasteiger partial charge in [-0.25, -0.2) is 13.2 Å². The fourth-order valence-electron chi connectivity index (χ4n) is 5.90. The molecule has 3 fully saturated rings. The monoisotopic (exact) mass is 703 g/mol. The summed E-state index contributed by atoms with van der Waals surface area (Å²) >= 11 is 0. The first kappa shape index (κ1) is 36.0. The Morgan fingerprint density at radius 3 is 2.41 bits per heavy atom. The average Bonchev–Trinajstić information content (AvgIpc) is 3.90. The number of likely N-dealkylation sites (tertiary alicyclic amines) is 1. The number of carbonyl (C=O) groups excluding carboxylic acids is 4. The molecule has 268 valence electrons. The van der Waals surface area contributed by atoms with E-state index in [1.165, 1.54) is 18.1 Å². The van der Waals surface area contributed by atoms with Crippen molar-refractivity contribution in [3.8, 4) is 11.6 Å². The van der Waals surface area contributed by atoms with E-state index in [-0.39, 0.29) is 25.3 Å². The number of hydrogen-bond acceptors (Lipinski definition) is 11. The van der Waals surface area contributed by atoms with E-state index in [1.807, 2.05) is 0 Å². The lowest BCUT2D eigenvalue weighted by molar-refractivity contribution is -0.143. The van der Waals surface area contributed by atoms with Crippen molar-refractivity contribution in [1.82, 2.24) is 25.4 Å². The number of fused-ring (bicyclic) bond motifs is 1. The van der Waals surface area contributed by atoms with Crippen molar-refractivity contribution in [2.24, 2.45) is 11.3 Å². The maximum absolute atomic E-state index is 14.3. The maximum atomic E-state index is 14.3. The molecule has 2 heterocycles. The highest BCUT2D eigenvalue weighted by Crippen LogP contribution is 2.45. The van der Waals surface area contributed by atoms with Gasteiger partial charge in [0, 0.05) is 18.4 Å². The van der Waals surface area contributed by atoms with Gasteiger partial charge >= 0.3 is 6.09 Å². The largest absolute Gasteiger partial charge is 0.497 e. The van der Waals surface area contributed by atoms with Gasteiger partial charge in [-0.2, -0.15) is 0 Å². The Kier molecular flexibility index (Phi) is 9.42. The molecule has 4 amide bonds. The predicted molar refractivity (Wildman–Crippen MR) is 177 cm³/mol. The van der Waals surface area contributed by atoms with E-state index in [4.69, 9.17) is 18.7 Å². The molecule has 2 aromatic rings. The van der Waals surface area contributed by atoms with Crippen molar-refractivity contribution in [3.63, 3.8) is 0 Å². The Morgan fingerprint density at radius 1 is 1.14 bits per heavy atom. The number of nitrogens with zero attached hydrogens (tertiary/aromatic N) is 2. The number of sulfonamides is 1. The van der Waals surface area contributed by atoms with E-state index < -0.39 is 79.7 Å². The third-order valence-corrected chi connectivity index (χ3v) is 10.6. The Morgan fingerprint density at radius 2 is 1.84 bits per heavy atom. The lowest BCUT2D eigenvalue weighted by Crippen LogP contribution is -2.60. The summed E-state index contributed by atoms with van der Waals surface area (Å²) in [7, 11) is -2.38. The van der Waals surface area contributed by atoms with Gasteiger partial charge in [0.25, 0.3) is 11.8 Å². The highest BCUT2D eigenvalue weighted by Gasteiger charge is 2.62. The van der Waals surface area contributed by atoms with Crippen molar-refractivity contribution in [3.05, 3.63) is 30.9 Å². The van der Waals surface area contributed by atoms with Crippen LogP contribution in [0, 0.1) is 11.3 Å². The van der Waals surface area contributed by atoms with E-state index in [1.54, 1.807) is 59.7 Å². The number of methoxy groups -OCH3 is 1. The summed E-state index contributed by atoms with van der Waals surface area (Å²) in [5, 5.41) is 9.36. The van der Waals surface area contributed by atoms with Crippen LogP contribution in [-0.4, -0.2) is 90.5 Å². The van der Waals surface area contributed by atoms with E-state index in [0.29, 0.717) is 29.6 Å². The number of ether oxygens (including phenoxy) is 3. The minimum atomic E-state index is -3.90. The number of nitrogens with one attached hydrogen (secondary N) is 3. The molecule has 1 aliphatic heterocycles. The van der Waals surface area contributed by atoms with Gasteiger partial charge in [0.1, 0.15) is 35.1 Å². The van der Waals surface area contributed by atoms with Crippen LogP contribution in [0.3, 0.4) is 0 Å². The molecular formula is C33H45N5O10S. The molecule has 2 saturated carbocycles. The lowest BCUT2D eigenvalue weighted by atomic mass is 9.85. The summed E-state index contributed by atoms with van der Waals surface area (Å²) in [5.74, 6) is -1.96. The van der Waals surface area contributed by atoms with Crippen LogP contribution >= 0.6 is 0 Å². The van der Waals surface area contributed by atoms with Crippen molar-refractivity contribution in [2.75, 3.05) is 13.7 Å². The second-order valence-corrected chi connectivity index (χ2v) is 16.9. The van der Waals surface area contributed by atoms with Gasteiger partial charge in [-0.05, 0) is 62.7 Å². The SMILES string of the molecule is C=CC1C[C@]1(NC(=O)C1C[C@@H](Oc2noc3cc(OC)ccc23)CN1C(=O)[C@@H](NC(=O)OC(C)(C)C)C(C)(C)C)C(=O)NS(=O)(=O)C1CC1. The number of benzene rings is 1. The van der Waals surface area contributed by atoms with Crippen LogP contribution in [-0.2, 0) is 29.1 Å². The molecule has 5 atom stereocenters. The molecule has 49 heavy (non-hydrogen) atoms. The molecule has 3 N–H and O–H groups in total. The number of hydrogen-bond donors (Lipinski definition) is 3. The first-order valence-corrected chi connectivity index (χ1v) is 17.7. The van der Waals surface area contributed by atoms with Crippen LogP contribution in [0.25, 0.3) is 11.0 Å². The summed E-state index contributed by atoms with van der Waals surface area (Å²) in [6.07, 6.45) is 0.945. The van der Waals surface area contributed by atoms with Crippen LogP contribution in [0.15, 0.2) is 35.4 Å². The zero-order valence-corrected chi connectivity index (χ0v) is 29.6. The lowest BCUT2D eigenvalue weighted by Gasteiger charge is -2.36. The van der Waals surface area contributed by atoms with E-state index in [0.717, 1.165) is 0 Å². The van der Waals surface area contributed by atoms with Crippen LogP contribution < -0.4 is 24.8 Å². The highest BCUT2D eigenvalue weighted by atomic mass is 32.2. The first-order valence-electron chi connectivity index (χ1n) is 16.2. The molecule has 1 aromatic heterocycles. The average molecular weight is 704 g/mol. The van der Waals surface area contributed by atoms with E-state index in [2.05, 4.69) is 27.1 Å². The molecule has 0 radical (unpaired) electrons. The quantitative estimate of drug-likeness (QED) is 0.291. The van der Waals surface area contributed by atoms with Gasteiger partial charge in [0.2, 0.25) is 21.8 Å². The highest BCUT2D eigenvalue weighted by molar-refractivity contribution is 7.91. The summed E-state index contributed by atoms with van der Waals surface area (Å²) in [6.45, 7) is 14.1. The molecule has 15 nitrogen and oxygen atoms in total. The third-order valence-electron chi connectivity index (χ3n) is 8.80. The van der Waals surface area contributed by atoms with Gasteiger partial charge in [-0.15, -0.1) is 6.58 Å². The zero-order chi connectivity index (χ0) is 36.1. The summed E-state index contributed by atoms with van der Waals surface area (Å²) in [5.41, 5.74) is -2.81. The van der Waals surface area contributed by atoms with E-state index >= 15 is 0 Å². The normalized spacial score (nSPS) is 24.5. The van der Waals surface area contributed by atoms with Gasteiger partial charge in [-0.3, -0.25) is 19.1 Å². The number of alkyl carbamates (subject to hydrolysis) is 1. The van der Waals surface area contributed by atoms with Crippen LogP contribution in [0.4, 0.5) is 4.79 Å². The summed E-state index contributed by atoms with van der Waals surface area (Å²) in [4.78, 5) is 56.0. The van der Waals surface area contributed by atoms with Crippen LogP contribution in [0.1, 0.15) is 67.2 Å². The Balaban J connectivity index is 1.43. The van der Waals surface area contributed by atoms with E-state index in [9.17, 15) is 27.6 Å².